The molecule has 1 aromatic heterocycles. The van der Waals surface area contributed by atoms with Crippen molar-refractivity contribution in [2.24, 2.45) is 0 Å². The summed E-state index contributed by atoms with van der Waals surface area (Å²) in [6.45, 7) is 0. The Morgan fingerprint density at radius 1 is 1.18 bits per heavy atom. The molecule has 0 amide bonds. The molecular weight excluding hydrogens is 258 g/mol. The van der Waals surface area contributed by atoms with Crippen LogP contribution in [0, 0.1) is 5.82 Å². The highest BCUT2D eigenvalue weighted by atomic mass is 32.1. The molecule has 2 rings (SSSR count). The molecule has 8 heteroatoms. The number of nitrogens with zero attached hydrogens (tertiary/aromatic N) is 2. The first-order valence-electron chi connectivity index (χ1n) is 4.34. The molecule has 3 nitrogen and oxygen atoms in total. The van der Waals surface area contributed by atoms with Crippen molar-refractivity contribution in [3.63, 3.8) is 0 Å². The maximum Gasteiger partial charge on any atom is 0.419 e. The van der Waals surface area contributed by atoms with Crippen LogP contribution in [0.5, 0.6) is 0 Å². The number of nitrogen functional groups attached to an aromatic ring is 1. The minimum absolute atomic E-state index is 0.132. The van der Waals surface area contributed by atoms with Gasteiger partial charge in [-0.1, -0.05) is 11.3 Å². The second kappa shape index (κ2) is 3.95. The summed E-state index contributed by atoms with van der Waals surface area (Å²) in [6.07, 6.45) is -4.74. The van der Waals surface area contributed by atoms with Gasteiger partial charge >= 0.3 is 6.18 Å². The van der Waals surface area contributed by atoms with Crippen molar-refractivity contribution in [3.05, 3.63) is 29.6 Å². The molecular formula is C9H5F4N3S. The smallest absolute Gasteiger partial charge is 0.374 e. The van der Waals surface area contributed by atoms with Gasteiger partial charge in [0.05, 0.1) is 5.56 Å². The summed E-state index contributed by atoms with van der Waals surface area (Å²) in [7, 11) is 0. The third-order valence-corrected chi connectivity index (χ3v) is 2.76. The Hall–Kier alpha value is -1.70. The van der Waals surface area contributed by atoms with Crippen molar-refractivity contribution in [2.75, 3.05) is 5.73 Å². The molecule has 0 saturated heterocycles. The van der Waals surface area contributed by atoms with E-state index in [2.05, 4.69) is 10.2 Å². The van der Waals surface area contributed by atoms with Crippen LogP contribution in [0.25, 0.3) is 10.6 Å². The van der Waals surface area contributed by atoms with Gasteiger partial charge in [0, 0.05) is 5.56 Å². The van der Waals surface area contributed by atoms with Crippen LogP contribution in [0.15, 0.2) is 18.2 Å². The van der Waals surface area contributed by atoms with E-state index in [1.165, 1.54) is 6.07 Å². The number of halogens is 4. The van der Waals surface area contributed by atoms with Crippen molar-refractivity contribution < 1.29 is 17.6 Å². The van der Waals surface area contributed by atoms with E-state index < -0.39 is 17.6 Å². The first-order valence-corrected chi connectivity index (χ1v) is 5.15. The number of anilines is 1. The van der Waals surface area contributed by atoms with Gasteiger partial charge < -0.3 is 5.73 Å². The van der Waals surface area contributed by atoms with Gasteiger partial charge in [-0.05, 0) is 18.2 Å². The summed E-state index contributed by atoms with van der Waals surface area (Å²) in [5, 5.41) is 7.42. The van der Waals surface area contributed by atoms with Crippen LogP contribution >= 0.6 is 11.3 Å². The molecule has 0 aliphatic heterocycles. The van der Waals surface area contributed by atoms with E-state index in [9.17, 15) is 17.6 Å². The fourth-order valence-corrected chi connectivity index (χ4v) is 1.83. The summed E-state index contributed by atoms with van der Waals surface area (Å²) < 4.78 is 50.4. The summed E-state index contributed by atoms with van der Waals surface area (Å²) in [5.74, 6) is -1.32. The van der Waals surface area contributed by atoms with Crippen LogP contribution in [-0.4, -0.2) is 10.2 Å². The van der Waals surface area contributed by atoms with Gasteiger partial charge in [0.2, 0.25) is 5.13 Å². The number of benzene rings is 1. The van der Waals surface area contributed by atoms with Crippen LogP contribution in [0.3, 0.4) is 0 Å². The van der Waals surface area contributed by atoms with E-state index in [0.717, 1.165) is 17.4 Å². The summed E-state index contributed by atoms with van der Waals surface area (Å²) in [5.41, 5.74) is 4.12. The van der Waals surface area contributed by atoms with E-state index in [1.807, 2.05) is 0 Å². The van der Waals surface area contributed by atoms with Crippen molar-refractivity contribution in [3.8, 4) is 10.6 Å². The Kier molecular flexibility index (Phi) is 2.74. The average molecular weight is 263 g/mol. The van der Waals surface area contributed by atoms with Crippen molar-refractivity contribution in [2.45, 2.75) is 6.18 Å². The summed E-state index contributed by atoms with van der Waals surface area (Å²) in [4.78, 5) is 0. The number of aromatic nitrogens is 2. The molecule has 2 aromatic rings. The van der Waals surface area contributed by atoms with Crippen LogP contribution in [-0.2, 0) is 6.18 Å². The number of hydrogen-bond acceptors (Lipinski definition) is 4. The van der Waals surface area contributed by atoms with Crippen LogP contribution in [0.4, 0.5) is 22.7 Å². The third-order valence-electron chi connectivity index (χ3n) is 1.96. The van der Waals surface area contributed by atoms with E-state index in [4.69, 9.17) is 5.73 Å². The Morgan fingerprint density at radius 3 is 2.41 bits per heavy atom. The van der Waals surface area contributed by atoms with Crippen LogP contribution in [0.1, 0.15) is 5.56 Å². The largest absolute Gasteiger partial charge is 0.419 e. The van der Waals surface area contributed by atoms with E-state index in [0.29, 0.717) is 6.07 Å². The fourth-order valence-electron chi connectivity index (χ4n) is 1.23. The third kappa shape index (κ3) is 2.36. The maximum absolute atomic E-state index is 13.0. The molecule has 0 aliphatic rings. The van der Waals surface area contributed by atoms with Gasteiger partial charge in [0.15, 0.2) is 0 Å². The maximum atomic E-state index is 13.0. The molecule has 0 bridgehead atoms. The normalized spacial score (nSPS) is 11.8. The van der Waals surface area contributed by atoms with Gasteiger partial charge in [-0.15, -0.1) is 10.2 Å². The molecule has 17 heavy (non-hydrogen) atoms. The molecule has 0 spiro atoms. The first-order chi connectivity index (χ1) is 7.88. The second-order valence-corrected chi connectivity index (χ2v) is 4.15. The van der Waals surface area contributed by atoms with E-state index in [1.54, 1.807) is 0 Å². The lowest BCUT2D eigenvalue weighted by Gasteiger charge is -2.08. The van der Waals surface area contributed by atoms with Gasteiger partial charge in [0.25, 0.3) is 0 Å². The molecule has 90 valence electrons. The quantitative estimate of drug-likeness (QED) is 0.805. The lowest BCUT2D eigenvalue weighted by Crippen LogP contribution is -2.08. The van der Waals surface area contributed by atoms with Gasteiger partial charge in [0.1, 0.15) is 10.8 Å². The molecule has 2 N–H and O–H groups in total. The Labute approximate surface area is 96.9 Å². The summed E-state index contributed by atoms with van der Waals surface area (Å²) >= 11 is 0.932. The minimum Gasteiger partial charge on any atom is -0.374 e. The zero-order valence-electron chi connectivity index (χ0n) is 8.12. The van der Waals surface area contributed by atoms with E-state index in [-0.39, 0.29) is 15.7 Å². The number of nitrogens with two attached hydrogens (primary N) is 1. The number of alkyl halides is 3. The van der Waals surface area contributed by atoms with Crippen molar-refractivity contribution >= 4 is 16.5 Å². The zero-order chi connectivity index (χ0) is 12.6. The van der Waals surface area contributed by atoms with Gasteiger partial charge in [-0.3, -0.25) is 0 Å². The predicted octanol–water partition coefficient (Wildman–Crippen LogP) is 2.95. The molecule has 0 radical (unpaired) electrons. The molecule has 0 saturated carbocycles. The molecule has 1 heterocycles. The Bertz CT molecular complexity index is 549. The molecule has 0 aliphatic carbocycles. The van der Waals surface area contributed by atoms with Crippen molar-refractivity contribution in [1.82, 2.24) is 10.2 Å². The van der Waals surface area contributed by atoms with Crippen molar-refractivity contribution in [1.29, 1.82) is 0 Å². The molecule has 0 atom stereocenters. The van der Waals surface area contributed by atoms with E-state index >= 15 is 0 Å². The molecule has 1 aromatic carbocycles. The van der Waals surface area contributed by atoms with Crippen LogP contribution < -0.4 is 5.73 Å². The monoisotopic (exact) mass is 263 g/mol. The average Bonchev–Trinajstić information content (AvgIpc) is 2.64. The number of hydrogen-bond donors (Lipinski definition) is 1. The molecule has 0 fully saturated rings. The topological polar surface area (TPSA) is 51.8 Å². The highest BCUT2D eigenvalue weighted by Gasteiger charge is 2.34. The second-order valence-electron chi connectivity index (χ2n) is 3.14. The summed E-state index contributed by atoms with van der Waals surface area (Å²) in [6, 6.07) is 2.63. The lowest BCUT2D eigenvalue weighted by molar-refractivity contribution is -0.139. The number of rotatable bonds is 1. The minimum atomic E-state index is -4.74. The standard InChI is InChI=1S/C9H5F4N3S/c10-6-2-1-4(3-5(6)9(11,12)13)7-15-16-8(14)17-7/h1-3H,(H2,14,16). The highest BCUT2D eigenvalue weighted by Crippen LogP contribution is 2.35. The Morgan fingerprint density at radius 2 is 1.88 bits per heavy atom. The molecule has 0 unspecified atom stereocenters. The highest BCUT2D eigenvalue weighted by molar-refractivity contribution is 7.18. The first kappa shape index (κ1) is 11.8. The van der Waals surface area contributed by atoms with Gasteiger partial charge in [-0.25, -0.2) is 4.39 Å². The zero-order valence-corrected chi connectivity index (χ0v) is 8.94. The fraction of sp³-hybridized carbons (Fsp3) is 0.111. The van der Waals surface area contributed by atoms with Gasteiger partial charge in [-0.2, -0.15) is 13.2 Å². The predicted molar refractivity (Wildman–Crippen MR) is 54.7 cm³/mol. The SMILES string of the molecule is Nc1nnc(-c2ccc(F)c(C(F)(F)F)c2)s1. The van der Waals surface area contributed by atoms with Crippen LogP contribution in [0.2, 0.25) is 0 Å². The lowest BCUT2D eigenvalue weighted by atomic mass is 10.1. The Balaban J connectivity index is 2.51.